The van der Waals surface area contributed by atoms with E-state index < -0.39 is 28.2 Å². The van der Waals surface area contributed by atoms with Gasteiger partial charge in [-0.25, -0.2) is 8.42 Å². The number of hydrogen-bond donors (Lipinski definition) is 2. The zero-order chi connectivity index (χ0) is 13.9. The van der Waals surface area contributed by atoms with Gasteiger partial charge in [-0.1, -0.05) is 6.07 Å². The Morgan fingerprint density at radius 2 is 2.05 bits per heavy atom. The Balaban J connectivity index is 2.28. The molecule has 1 heterocycles. The Morgan fingerprint density at radius 1 is 1.26 bits per heavy atom. The van der Waals surface area contributed by atoms with Crippen molar-refractivity contribution < 1.29 is 18.3 Å². The molecule has 19 heavy (non-hydrogen) atoms. The monoisotopic (exact) mass is 280 g/mol. The van der Waals surface area contributed by atoms with Crippen LogP contribution in [0.3, 0.4) is 0 Å². The standard InChI is InChI=1S/C12H12N2O4S/c15-12(16)6-8-19(17,18)14-11-5-1-4-10-9(11)3-2-7-13-10/h1-5,7,14H,6,8H2,(H,15,16). The number of hydrogen-bond acceptors (Lipinski definition) is 4. The largest absolute Gasteiger partial charge is 0.481 e. The van der Waals surface area contributed by atoms with Crippen LogP contribution in [0.25, 0.3) is 10.9 Å². The van der Waals surface area contributed by atoms with Crippen molar-refractivity contribution in [2.75, 3.05) is 10.5 Å². The van der Waals surface area contributed by atoms with Crippen molar-refractivity contribution in [2.45, 2.75) is 6.42 Å². The second-order valence-corrected chi connectivity index (χ2v) is 5.78. The van der Waals surface area contributed by atoms with Crippen molar-refractivity contribution in [3.05, 3.63) is 36.5 Å². The van der Waals surface area contributed by atoms with Crippen LogP contribution < -0.4 is 4.72 Å². The second kappa shape index (κ2) is 5.23. The molecule has 100 valence electrons. The molecule has 6 nitrogen and oxygen atoms in total. The molecule has 0 aliphatic heterocycles. The fourth-order valence-corrected chi connectivity index (χ4v) is 2.69. The summed E-state index contributed by atoms with van der Waals surface area (Å²) in [5, 5.41) is 9.18. The van der Waals surface area contributed by atoms with E-state index in [1.54, 1.807) is 36.5 Å². The molecule has 2 rings (SSSR count). The van der Waals surface area contributed by atoms with E-state index in [2.05, 4.69) is 9.71 Å². The highest BCUT2D eigenvalue weighted by atomic mass is 32.2. The maximum atomic E-state index is 11.8. The van der Waals surface area contributed by atoms with Crippen LogP contribution in [0, 0.1) is 0 Å². The average Bonchev–Trinajstić information content (AvgIpc) is 2.37. The van der Waals surface area contributed by atoms with E-state index in [0.29, 0.717) is 16.6 Å². The quantitative estimate of drug-likeness (QED) is 0.864. The summed E-state index contributed by atoms with van der Waals surface area (Å²) in [6, 6.07) is 8.52. The zero-order valence-corrected chi connectivity index (χ0v) is 10.7. The Hall–Kier alpha value is -2.15. The minimum absolute atomic E-state index is 0.399. The number of fused-ring (bicyclic) bond motifs is 1. The number of carbonyl (C=O) groups is 1. The van der Waals surface area contributed by atoms with Gasteiger partial charge < -0.3 is 5.11 Å². The highest BCUT2D eigenvalue weighted by Gasteiger charge is 2.14. The molecule has 0 unspecified atom stereocenters. The summed E-state index contributed by atoms with van der Waals surface area (Å²) in [7, 11) is -3.68. The van der Waals surface area contributed by atoms with Gasteiger partial charge in [0.05, 0.1) is 23.4 Å². The van der Waals surface area contributed by atoms with E-state index in [9.17, 15) is 13.2 Å². The van der Waals surface area contributed by atoms with Gasteiger partial charge in [0.25, 0.3) is 0 Å². The summed E-state index contributed by atoms with van der Waals surface area (Å²) < 4.78 is 25.9. The van der Waals surface area contributed by atoms with Gasteiger partial charge in [0, 0.05) is 11.6 Å². The van der Waals surface area contributed by atoms with Crippen molar-refractivity contribution in [3.8, 4) is 0 Å². The second-order valence-electron chi connectivity index (χ2n) is 3.94. The zero-order valence-electron chi connectivity index (χ0n) is 9.91. The molecule has 0 saturated heterocycles. The van der Waals surface area contributed by atoms with Crippen molar-refractivity contribution >= 4 is 32.6 Å². The molecule has 0 fully saturated rings. The number of rotatable bonds is 5. The van der Waals surface area contributed by atoms with Gasteiger partial charge in [-0.3, -0.25) is 14.5 Å². The summed E-state index contributed by atoms with van der Waals surface area (Å²) in [4.78, 5) is 14.5. The molecular formula is C12H12N2O4S. The summed E-state index contributed by atoms with van der Waals surface area (Å²) >= 11 is 0. The van der Waals surface area contributed by atoms with Gasteiger partial charge in [-0.15, -0.1) is 0 Å². The number of nitrogens with one attached hydrogen (secondary N) is 1. The third-order valence-corrected chi connectivity index (χ3v) is 3.77. The fraction of sp³-hybridized carbons (Fsp3) is 0.167. The molecule has 0 aliphatic rings. The first-order valence-electron chi connectivity index (χ1n) is 5.54. The van der Waals surface area contributed by atoms with Crippen molar-refractivity contribution in [3.63, 3.8) is 0 Å². The molecule has 2 N–H and O–H groups in total. The van der Waals surface area contributed by atoms with Crippen LogP contribution in [0.5, 0.6) is 0 Å². The maximum absolute atomic E-state index is 11.8. The third-order valence-electron chi connectivity index (χ3n) is 2.50. The van der Waals surface area contributed by atoms with Crippen LogP contribution in [0.15, 0.2) is 36.5 Å². The SMILES string of the molecule is O=C(O)CCS(=O)(=O)Nc1cccc2ncccc12. The first-order valence-corrected chi connectivity index (χ1v) is 7.19. The molecule has 0 bridgehead atoms. The lowest BCUT2D eigenvalue weighted by Gasteiger charge is -2.09. The number of carboxylic acids is 1. The highest BCUT2D eigenvalue weighted by molar-refractivity contribution is 7.92. The number of aromatic nitrogens is 1. The molecule has 0 saturated carbocycles. The lowest BCUT2D eigenvalue weighted by Crippen LogP contribution is -2.19. The van der Waals surface area contributed by atoms with Crippen LogP contribution in [0.1, 0.15) is 6.42 Å². The van der Waals surface area contributed by atoms with Gasteiger partial charge in [0.15, 0.2) is 0 Å². The summed E-state index contributed by atoms with van der Waals surface area (Å²) in [6.45, 7) is 0. The van der Waals surface area contributed by atoms with Crippen molar-refractivity contribution in [1.29, 1.82) is 0 Å². The molecule has 7 heteroatoms. The first kappa shape index (κ1) is 13.3. The number of benzene rings is 1. The number of aliphatic carboxylic acids is 1. The topological polar surface area (TPSA) is 96.4 Å². The lowest BCUT2D eigenvalue weighted by atomic mass is 10.2. The number of pyridine rings is 1. The van der Waals surface area contributed by atoms with E-state index >= 15 is 0 Å². The molecule has 0 aliphatic carbocycles. The van der Waals surface area contributed by atoms with Crippen LogP contribution >= 0.6 is 0 Å². The first-order chi connectivity index (χ1) is 8.98. The summed E-state index contributed by atoms with van der Waals surface area (Å²) in [5.41, 5.74) is 1.07. The number of sulfonamides is 1. The summed E-state index contributed by atoms with van der Waals surface area (Å²) in [5.74, 6) is -1.61. The van der Waals surface area contributed by atoms with Gasteiger partial charge in [0.1, 0.15) is 0 Å². The number of carboxylic acid groups (broad SMARTS) is 1. The normalized spacial score (nSPS) is 11.4. The van der Waals surface area contributed by atoms with E-state index in [0.717, 1.165) is 0 Å². The van der Waals surface area contributed by atoms with Gasteiger partial charge >= 0.3 is 5.97 Å². The Kier molecular flexibility index (Phi) is 3.66. The maximum Gasteiger partial charge on any atom is 0.304 e. The van der Waals surface area contributed by atoms with E-state index in [1.807, 2.05) is 0 Å². The third kappa shape index (κ3) is 3.41. The minimum atomic E-state index is -3.68. The van der Waals surface area contributed by atoms with Crippen LogP contribution in [-0.4, -0.2) is 30.2 Å². The van der Waals surface area contributed by atoms with Crippen molar-refractivity contribution in [1.82, 2.24) is 4.98 Å². The van der Waals surface area contributed by atoms with Crippen LogP contribution in [-0.2, 0) is 14.8 Å². The smallest absolute Gasteiger partial charge is 0.304 e. The average molecular weight is 280 g/mol. The van der Waals surface area contributed by atoms with E-state index in [1.165, 1.54) is 0 Å². The van der Waals surface area contributed by atoms with Gasteiger partial charge in [-0.05, 0) is 24.3 Å². The fourth-order valence-electron chi connectivity index (χ4n) is 1.63. The molecule has 0 spiro atoms. The Labute approximate surface area is 110 Å². The van der Waals surface area contributed by atoms with Gasteiger partial charge in [-0.2, -0.15) is 0 Å². The minimum Gasteiger partial charge on any atom is -0.481 e. The van der Waals surface area contributed by atoms with E-state index in [-0.39, 0.29) is 0 Å². The van der Waals surface area contributed by atoms with E-state index in [4.69, 9.17) is 5.11 Å². The van der Waals surface area contributed by atoms with Gasteiger partial charge in [0.2, 0.25) is 10.0 Å². The molecule has 1 aromatic heterocycles. The number of nitrogens with zero attached hydrogens (tertiary/aromatic N) is 1. The Bertz CT molecular complexity index is 707. The molecule has 0 atom stereocenters. The Morgan fingerprint density at radius 3 is 2.79 bits per heavy atom. The lowest BCUT2D eigenvalue weighted by molar-refractivity contribution is -0.136. The summed E-state index contributed by atoms with van der Waals surface area (Å²) in [6.07, 6.45) is 1.18. The molecule has 0 radical (unpaired) electrons. The predicted octanol–water partition coefficient (Wildman–Crippen LogP) is 1.45. The van der Waals surface area contributed by atoms with Crippen molar-refractivity contribution in [2.24, 2.45) is 0 Å². The highest BCUT2D eigenvalue weighted by Crippen LogP contribution is 2.22. The number of anilines is 1. The molecule has 1 aromatic carbocycles. The molecule has 2 aromatic rings. The van der Waals surface area contributed by atoms with Crippen LogP contribution in [0.4, 0.5) is 5.69 Å². The molecule has 0 amide bonds. The predicted molar refractivity (Wildman–Crippen MR) is 71.4 cm³/mol. The molecular weight excluding hydrogens is 268 g/mol. The van der Waals surface area contributed by atoms with Crippen LogP contribution in [0.2, 0.25) is 0 Å².